The number of fused-ring (bicyclic) bond motifs is 1. The van der Waals surface area contributed by atoms with Gasteiger partial charge in [0, 0.05) is 60.8 Å². The Morgan fingerprint density at radius 1 is 1.00 bits per heavy atom. The second kappa shape index (κ2) is 11.0. The predicted octanol–water partition coefficient (Wildman–Crippen LogP) is 5.64. The van der Waals surface area contributed by atoms with Crippen LogP contribution in [0.4, 0.5) is 10.1 Å². The fourth-order valence-corrected chi connectivity index (χ4v) is 4.57. The van der Waals surface area contributed by atoms with Gasteiger partial charge in [0.15, 0.2) is 0 Å². The molecular formula is C30H26FN5O3. The number of hydrogen-bond acceptors (Lipinski definition) is 6. The summed E-state index contributed by atoms with van der Waals surface area (Å²) >= 11 is 0. The maximum absolute atomic E-state index is 13.2. The van der Waals surface area contributed by atoms with Crippen molar-refractivity contribution in [1.82, 2.24) is 19.9 Å². The van der Waals surface area contributed by atoms with Crippen LogP contribution in [-0.2, 0) is 11.3 Å². The van der Waals surface area contributed by atoms with Crippen LogP contribution in [0.15, 0.2) is 85.5 Å². The van der Waals surface area contributed by atoms with Crippen molar-refractivity contribution in [3.63, 3.8) is 0 Å². The number of carbonyl (C=O) groups excluding carboxylic acids is 1. The van der Waals surface area contributed by atoms with Gasteiger partial charge in [-0.1, -0.05) is 6.07 Å². The van der Waals surface area contributed by atoms with E-state index in [4.69, 9.17) is 9.47 Å². The van der Waals surface area contributed by atoms with Crippen molar-refractivity contribution in [2.45, 2.75) is 6.54 Å². The van der Waals surface area contributed by atoms with E-state index in [1.165, 1.54) is 30.5 Å². The number of aromatic nitrogens is 3. The molecule has 0 spiro atoms. The number of morpholine rings is 1. The van der Waals surface area contributed by atoms with Crippen molar-refractivity contribution in [3.05, 3.63) is 102 Å². The number of halogens is 1. The summed E-state index contributed by atoms with van der Waals surface area (Å²) in [6.07, 6.45) is 6.97. The number of benzene rings is 2. The molecule has 1 saturated heterocycles. The lowest BCUT2D eigenvalue weighted by atomic mass is 10.0. The molecule has 6 rings (SSSR count). The Hall–Kier alpha value is -4.60. The average Bonchev–Trinajstić information content (AvgIpc) is 3.40. The molecule has 0 radical (unpaired) electrons. The maximum Gasteiger partial charge on any atom is 0.257 e. The van der Waals surface area contributed by atoms with Crippen LogP contribution < -0.4 is 10.1 Å². The number of pyridine rings is 2. The molecule has 0 saturated carbocycles. The van der Waals surface area contributed by atoms with E-state index in [9.17, 15) is 9.18 Å². The van der Waals surface area contributed by atoms with Gasteiger partial charge in [-0.05, 0) is 59.7 Å². The molecule has 0 atom stereocenters. The lowest BCUT2D eigenvalue weighted by molar-refractivity contribution is 0.0341. The largest absolute Gasteiger partial charge is 0.439 e. The number of rotatable bonds is 7. The van der Waals surface area contributed by atoms with E-state index in [-0.39, 0.29) is 11.7 Å². The number of carbonyl (C=O) groups is 1. The minimum atomic E-state index is -0.341. The van der Waals surface area contributed by atoms with Gasteiger partial charge in [0.1, 0.15) is 11.6 Å². The molecule has 9 heteroatoms. The summed E-state index contributed by atoms with van der Waals surface area (Å²) < 4.78 is 24.2. The third-order valence-electron chi connectivity index (χ3n) is 6.59. The standard InChI is InChI=1S/C30H26FN5O3/c31-23-2-5-25(6-3-23)39-29-8-4-24(17-34-29)35-30(37)27-18-33-28-7-1-21(14-26(27)28)22-13-20(15-32-16-22)19-36-9-11-38-12-10-36/h1-8,13-18,33H,9-12,19H2,(H,35,37). The van der Waals surface area contributed by atoms with Gasteiger partial charge in [-0.15, -0.1) is 0 Å². The van der Waals surface area contributed by atoms with E-state index in [1.54, 1.807) is 18.3 Å². The fraction of sp³-hybridized carbons (Fsp3) is 0.167. The summed E-state index contributed by atoms with van der Waals surface area (Å²) in [5, 5.41) is 3.71. The number of aromatic amines is 1. The molecule has 2 aromatic carbocycles. The molecule has 1 aliphatic heterocycles. The highest BCUT2D eigenvalue weighted by Crippen LogP contribution is 2.28. The Morgan fingerprint density at radius 2 is 1.85 bits per heavy atom. The summed E-state index contributed by atoms with van der Waals surface area (Å²) in [7, 11) is 0. The fourth-order valence-electron chi connectivity index (χ4n) is 4.57. The Morgan fingerprint density at radius 3 is 2.64 bits per heavy atom. The van der Waals surface area contributed by atoms with Crippen LogP contribution in [0.2, 0.25) is 0 Å². The van der Waals surface area contributed by atoms with Crippen LogP contribution in [0.1, 0.15) is 15.9 Å². The first-order valence-electron chi connectivity index (χ1n) is 12.7. The number of hydrogen-bond donors (Lipinski definition) is 2. The van der Waals surface area contributed by atoms with Crippen LogP contribution >= 0.6 is 0 Å². The predicted molar refractivity (Wildman–Crippen MR) is 146 cm³/mol. The monoisotopic (exact) mass is 523 g/mol. The molecule has 0 bridgehead atoms. The Balaban J connectivity index is 1.17. The zero-order chi connectivity index (χ0) is 26.6. The number of anilines is 1. The Labute approximate surface area is 224 Å². The first-order chi connectivity index (χ1) is 19.1. The van der Waals surface area contributed by atoms with Crippen LogP contribution in [0.25, 0.3) is 22.0 Å². The maximum atomic E-state index is 13.2. The third kappa shape index (κ3) is 5.79. The lowest BCUT2D eigenvalue weighted by Crippen LogP contribution is -2.35. The van der Waals surface area contributed by atoms with Crippen molar-refractivity contribution < 1.29 is 18.7 Å². The second-order valence-electron chi connectivity index (χ2n) is 9.33. The molecule has 8 nitrogen and oxygen atoms in total. The van der Waals surface area contributed by atoms with Gasteiger partial charge < -0.3 is 19.8 Å². The lowest BCUT2D eigenvalue weighted by Gasteiger charge is -2.26. The molecule has 1 fully saturated rings. The minimum Gasteiger partial charge on any atom is -0.439 e. The van der Waals surface area contributed by atoms with Gasteiger partial charge in [-0.2, -0.15) is 0 Å². The zero-order valence-corrected chi connectivity index (χ0v) is 21.1. The van der Waals surface area contributed by atoms with E-state index in [2.05, 4.69) is 31.2 Å². The number of nitrogens with zero attached hydrogens (tertiary/aromatic N) is 3. The SMILES string of the molecule is O=C(Nc1ccc(Oc2ccc(F)cc2)nc1)c1c[nH]c2ccc(-c3cncc(CN4CCOCC4)c3)cc12. The second-order valence-corrected chi connectivity index (χ2v) is 9.33. The molecule has 0 aliphatic carbocycles. The third-order valence-corrected chi connectivity index (χ3v) is 6.59. The zero-order valence-electron chi connectivity index (χ0n) is 21.1. The highest BCUT2D eigenvalue weighted by Gasteiger charge is 2.15. The summed E-state index contributed by atoms with van der Waals surface area (Å²) in [5.74, 6) is 0.205. The molecule has 1 aliphatic rings. The van der Waals surface area contributed by atoms with E-state index >= 15 is 0 Å². The van der Waals surface area contributed by atoms with Gasteiger partial charge in [0.2, 0.25) is 5.88 Å². The Bertz CT molecular complexity index is 1600. The van der Waals surface area contributed by atoms with Crippen molar-refractivity contribution in [2.75, 3.05) is 31.6 Å². The number of amides is 1. The van der Waals surface area contributed by atoms with Crippen molar-refractivity contribution in [1.29, 1.82) is 0 Å². The molecule has 5 aromatic rings. The van der Waals surface area contributed by atoms with E-state index in [0.717, 1.165) is 60.4 Å². The van der Waals surface area contributed by atoms with Crippen LogP contribution in [-0.4, -0.2) is 52.1 Å². The van der Waals surface area contributed by atoms with Crippen molar-refractivity contribution in [2.24, 2.45) is 0 Å². The number of nitrogens with one attached hydrogen (secondary N) is 2. The van der Waals surface area contributed by atoms with Gasteiger partial charge in [-0.3, -0.25) is 14.7 Å². The van der Waals surface area contributed by atoms with Crippen LogP contribution in [0.3, 0.4) is 0 Å². The summed E-state index contributed by atoms with van der Waals surface area (Å²) in [6, 6.07) is 17.2. The summed E-state index contributed by atoms with van der Waals surface area (Å²) in [4.78, 5) is 27.4. The molecule has 0 unspecified atom stereocenters. The first-order valence-corrected chi connectivity index (χ1v) is 12.7. The normalized spacial score (nSPS) is 13.9. The van der Waals surface area contributed by atoms with Gasteiger partial charge in [-0.25, -0.2) is 9.37 Å². The minimum absolute atomic E-state index is 0.258. The van der Waals surface area contributed by atoms with Crippen LogP contribution in [0, 0.1) is 5.82 Å². The van der Waals surface area contributed by atoms with E-state index in [1.807, 2.05) is 30.6 Å². The topological polar surface area (TPSA) is 92.4 Å². The van der Waals surface area contributed by atoms with Crippen molar-refractivity contribution in [3.8, 4) is 22.8 Å². The summed E-state index contributed by atoms with van der Waals surface area (Å²) in [6.45, 7) is 4.17. The van der Waals surface area contributed by atoms with E-state index < -0.39 is 0 Å². The average molecular weight is 524 g/mol. The highest BCUT2D eigenvalue weighted by molar-refractivity contribution is 6.13. The Kier molecular flexibility index (Phi) is 6.99. The van der Waals surface area contributed by atoms with Gasteiger partial charge in [0.05, 0.1) is 30.7 Å². The molecule has 39 heavy (non-hydrogen) atoms. The first kappa shape index (κ1) is 24.7. The van der Waals surface area contributed by atoms with E-state index in [0.29, 0.717) is 22.9 Å². The van der Waals surface area contributed by atoms with Crippen LogP contribution in [0.5, 0.6) is 11.6 Å². The molecule has 2 N–H and O–H groups in total. The molecule has 1 amide bonds. The number of ether oxygens (including phenoxy) is 2. The van der Waals surface area contributed by atoms with Gasteiger partial charge in [0.25, 0.3) is 5.91 Å². The van der Waals surface area contributed by atoms with Crippen molar-refractivity contribution >= 4 is 22.5 Å². The molecule has 196 valence electrons. The molecule has 3 aromatic heterocycles. The number of H-pyrrole nitrogens is 1. The smallest absolute Gasteiger partial charge is 0.257 e. The quantitative estimate of drug-likeness (QED) is 0.287. The van der Waals surface area contributed by atoms with Gasteiger partial charge >= 0.3 is 0 Å². The molecular weight excluding hydrogens is 497 g/mol. The molecule has 4 heterocycles. The highest BCUT2D eigenvalue weighted by atomic mass is 19.1. The summed E-state index contributed by atoms with van der Waals surface area (Å²) in [5.41, 5.74) is 5.03.